The zero-order chi connectivity index (χ0) is 14.9. The second-order valence-electron chi connectivity index (χ2n) is 5.05. The third-order valence-electron chi connectivity index (χ3n) is 3.59. The quantitative estimate of drug-likeness (QED) is 0.920. The molecule has 1 aliphatic rings. The lowest BCUT2D eigenvalue weighted by Crippen LogP contribution is -2.37. The summed E-state index contributed by atoms with van der Waals surface area (Å²) in [5.41, 5.74) is 0.912. The third-order valence-corrected chi connectivity index (χ3v) is 5.52. The molecule has 7 heteroatoms. The van der Waals surface area contributed by atoms with E-state index in [4.69, 9.17) is 0 Å². The van der Waals surface area contributed by atoms with Gasteiger partial charge in [-0.25, -0.2) is 17.2 Å². The van der Waals surface area contributed by atoms with Gasteiger partial charge in [-0.15, -0.1) is 0 Å². The Labute approximate surface area is 117 Å². The van der Waals surface area contributed by atoms with Crippen molar-refractivity contribution in [1.82, 2.24) is 4.31 Å². The van der Waals surface area contributed by atoms with E-state index in [1.165, 1.54) is 12.1 Å². The number of aryl methyl sites for hydroxylation is 1. The van der Waals surface area contributed by atoms with Crippen LogP contribution < -0.4 is 0 Å². The van der Waals surface area contributed by atoms with Gasteiger partial charge in [0.1, 0.15) is 0 Å². The van der Waals surface area contributed by atoms with E-state index in [0.717, 1.165) is 9.87 Å². The molecule has 1 aromatic carbocycles. The van der Waals surface area contributed by atoms with Crippen molar-refractivity contribution in [2.24, 2.45) is 5.92 Å². The molecule has 0 aromatic heterocycles. The number of rotatable bonds is 4. The minimum absolute atomic E-state index is 0.0146. The molecule has 20 heavy (non-hydrogen) atoms. The van der Waals surface area contributed by atoms with Gasteiger partial charge in [0.15, 0.2) is 0 Å². The average molecular weight is 305 g/mol. The van der Waals surface area contributed by atoms with Crippen LogP contribution in [0.2, 0.25) is 0 Å². The molecule has 1 N–H and O–H groups in total. The summed E-state index contributed by atoms with van der Waals surface area (Å²) in [5.74, 6) is -1.02. The molecule has 0 unspecified atom stereocenters. The van der Waals surface area contributed by atoms with E-state index >= 15 is 0 Å². The molecule has 0 aliphatic carbocycles. The molecular formula is C13H17F2NO3S. The summed E-state index contributed by atoms with van der Waals surface area (Å²) in [7, 11) is -3.84. The van der Waals surface area contributed by atoms with Crippen molar-refractivity contribution in [1.29, 1.82) is 0 Å². The molecule has 1 aromatic rings. The molecule has 0 saturated carbocycles. The minimum atomic E-state index is -3.84. The van der Waals surface area contributed by atoms with E-state index in [1.54, 1.807) is 12.1 Å². The molecule has 1 aliphatic heterocycles. The molecular weight excluding hydrogens is 288 g/mol. The Balaban J connectivity index is 2.31. The van der Waals surface area contributed by atoms with Gasteiger partial charge in [0.2, 0.25) is 16.4 Å². The Kier molecular flexibility index (Phi) is 4.41. The number of aliphatic hydroxyl groups is 1. The first kappa shape index (κ1) is 15.3. The number of hydrogen-bond acceptors (Lipinski definition) is 3. The minimum Gasteiger partial charge on any atom is -0.395 e. The van der Waals surface area contributed by atoms with Crippen LogP contribution in [0.3, 0.4) is 0 Å². The van der Waals surface area contributed by atoms with Crippen molar-refractivity contribution >= 4 is 10.0 Å². The number of alkyl halides is 2. The monoisotopic (exact) mass is 305 g/mol. The van der Waals surface area contributed by atoms with Crippen LogP contribution in [0.15, 0.2) is 29.2 Å². The second-order valence-corrected chi connectivity index (χ2v) is 6.94. The number of halogens is 2. The lowest BCUT2D eigenvalue weighted by Gasteiger charge is -2.22. The maximum atomic E-state index is 12.8. The highest BCUT2D eigenvalue weighted by Gasteiger charge is 2.42. The van der Waals surface area contributed by atoms with Crippen LogP contribution in [0.1, 0.15) is 12.0 Å². The lowest BCUT2D eigenvalue weighted by molar-refractivity contribution is 0.0834. The summed E-state index contributed by atoms with van der Waals surface area (Å²) in [6.45, 7) is 1.13. The fraction of sp³-hybridized carbons (Fsp3) is 0.538. The SMILES string of the molecule is Cc1ccc(S(=O)(=O)N2C[C@H](C(F)F)C[C@@H]2CO)cc1. The Hall–Kier alpha value is -1.05. The number of benzene rings is 1. The first-order chi connectivity index (χ1) is 9.36. The number of sulfonamides is 1. The molecule has 0 amide bonds. The lowest BCUT2D eigenvalue weighted by atomic mass is 10.1. The normalized spacial score (nSPS) is 24.4. The first-order valence-electron chi connectivity index (χ1n) is 6.33. The Morgan fingerprint density at radius 3 is 2.45 bits per heavy atom. The summed E-state index contributed by atoms with van der Waals surface area (Å²) in [5, 5.41) is 9.24. The van der Waals surface area contributed by atoms with Gasteiger partial charge in [0, 0.05) is 18.5 Å². The number of hydrogen-bond donors (Lipinski definition) is 1. The van der Waals surface area contributed by atoms with Crippen LogP contribution in [0.25, 0.3) is 0 Å². The topological polar surface area (TPSA) is 57.6 Å². The summed E-state index contributed by atoms with van der Waals surface area (Å²) < 4.78 is 51.4. The van der Waals surface area contributed by atoms with Crippen molar-refractivity contribution in [3.63, 3.8) is 0 Å². The van der Waals surface area contributed by atoms with E-state index in [0.29, 0.717) is 0 Å². The van der Waals surface area contributed by atoms with Gasteiger partial charge in [-0.2, -0.15) is 4.31 Å². The Morgan fingerprint density at radius 1 is 1.35 bits per heavy atom. The van der Waals surface area contributed by atoms with Gasteiger partial charge in [-0.3, -0.25) is 0 Å². The highest BCUT2D eigenvalue weighted by atomic mass is 32.2. The van der Waals surface area contributed by atoms with Gasteiger partial charge >= 0.3 is 0 Å². The second kappa shape index (κ2) is 5.75. The van der Waals surface area contributed by atoms with E-state index in [9.17, 15) is 22.3 Å². The molecule has 0 spiro atoms. The summed E-state index contributed by atoms with van der Waals surface area (Å²) >= 11 is 0. The van der Waals surface area contributed by atoms with Gasteiger partial charge < -0.3 is 5.11 Å². The summed E-state index contributed by atoms with van der Waals surface area (Å²) in [6, 6.07) is 5.44. The van der Waals surface area contributed by atoms with Crippen molar-refractivity contribution in [2.75, 3.05) is 13.2 Å². The van der Waals surface area contributed by atoms with E-state index in [-0.39, 0.29) is 17.9 Å². The highest BCUT2D eigenvalue weighted by molar-refractivity contribution is 7.89. The zero-order valence-corrected chi connectivity index (χ0v) is 11.9. The van der Waals surface area contributed by atoms with Crippen LogP contribution in [0.4, 0.5) is 8.78 Å². The smallest absolute Gasteiger partial charge is 0.243 e. The maximum Gasteiger partial charge on any atom is 0.243 e. The van der Waals surface area contributed by atoms with Gasteiger partial charge in [0.05, 0.1) is 11.5 Å². The Bertz CT molecular complexity index is 559. The Morgan fingerprint density at radius 2 is 1.95 bits per heavy atom. The average Bonchev–Trinajstić information content (AvgIpc) is 2.84. The number of aliphatic hydroxyl groups excluding tert-OH is 1. The number of nitrogens with zero attached hydrogens (tertiary/aromatic N) is 1. The summed E-state index contributed by atoms with van der Waals surface area (Å²) in [4.78, 5) is 0.0662. The fourth-order valence-corrected chi connectivity index (χ4v) is 4.09. The highest BCUT2D eigenvalue weighted by Crippen LogP contribution is 2.32. The molecule has 4 nitrogen and oxygen atoms in total. The third kappa shape index (κ3) is 2.84. The van der Waals surface area contributed by atoms with Crippen LogP contribution >= 0.6 is 0 Å². The van der Waals surface area contributed by atoms with Gasteiger partial charge in [-0.1, -0.05) is 17.7 Å². The van der Waals surface area contributed by atoms with E-state index in [2.05, 4.69) is 0 Å². The van der Waals surface area contributed by atoms with Crippen molar-refractivity contribution in [3.8, 4) is 0 Å². The van der Waals surface area contributed by atoms with Crippen molar-refractivity contribution in [3.05, 3.63) is 29.8 Å². The molecule has 112 valence electrons. The predicted octanol–water partition coefficient (Wildman–Crippen LogP) is 1.63. The van der Waals surface area contributed by atoms with Crippen LogP contribution in [0, 0.1) is 12.8 Å². The molecule has 2 rings (SSSR count). The first-order valence-corrected chi connectivity index (χ1v) is 7.77. The molecule has 0 bridgehead atoms. The summed E-state index contributed by atoms with van der Waals surface area (Å²) in [6.07, 6.45) is -2.60. The fourth-order valence-electron chi connectivity index (χ4n) is 2.41. The maximum absolute atomic E-state index is 12.8. The largest absolute Gasteiger partial charge is 0.395 e. The predicted molar refractivity (Wildman–Crippen MR) is 70.1 cm³/mol. The van der Waals surface area contributed by atoms with E-state index < -0.39 is 35.0 Å². The van der Waals surface area contributed by atoms with Crippen molar-refractivity contribution < 1.29 is 22.3 Å². The van der Waals surface area contributed by atoms with Crippen LogP contribution in [0.5, 0.6) is 0 Å². The van der Waals surface area contributed by atoms with Gasteiger partial charge in [-0.05, 0) is 25.5 Å². The standard InChI is InChI=1S/C13H17F2NO3S/c1-9-2-4-12(5-3-9)20(18,19)16-7-10(13(14)15)6-11(16)8-17/h2-5,10-11,13,17H,6-8H2,1H3/t10-,11-/m1/s1. The van der Waals surface area contributed by atoms with Gasteiger partial charge in [0.25, 0.3) is 0 Å². The molecule has 0 radical (unpaired) electrons. The molecule has 1 heterocycles. The van der Waals surface area contributed by atoms with Crippen LogP contribution in [-0.4, -0.2) is 43.4 Å². The molecule has 2 atom stereocenters. The van der Waals surface area contributed by atoms with Crippen molar-refractivity contribution in [2.45, 2.75) is 30.7 Å². The zero-order valence-electron chi connectivity index (χ0n) is 11.0. The molecule has 1 saturated heterocycles. The van der Waals surface area contributed by atoms with Crippen LogP contribution in [-0.2, 0) is 10.0 Å². The molecule has 1 fully saturated rings. The van der Waals surface area contributed by atoms with E-state index in [1.807, 2.05) is 6.92 Å².